The van der Waals surface area contributed by atoms with E-state index in [0.29, 0.717) is 36.4 Å². The molecule has 1 aromatic carbocycles. The minimum Gasteiger partial charge on any atom is -0.387 e. The van der Waals surface area contributed by atoms with Gasteiger partial charge in [0.15, 0.2) is 5.60 Å². The minimum absolute atomic E-state index is 0.0315. The molecule has 3 heterocycles. The van der Waals surface area contributed by atoms with E-state index >= 15 is 0 Å². The van der Waals surface area contributed by atoms with Crippen LogP contribution in [-0.4, -0.2) is 81.8 Å². The number of carbonyl (C=O) groups excluding carboxylic acids is 5. The number of hydrogen-bond donors (Lipinski definition) is 3. The lowest BCUT2D eigenvalue weighted by Crippen LogP contribution is -2.59. The van der Waals surface area contributed by atoms with Crippen molar-refractivity contribution in [2.24, 2.45) is 16.5 Å². The first-order chi connectivity index (χ1) is 25.3. The maximum absolute atomic E-state index is 14.6. The van der Waals surface area contributed by atoms with Crippen LogP contribution >= 0.6 is 11.6 Å². The topological polar surface area (TPSA) is 159 Å². The summed E-state index contributed by atoms with van der Waals surface area (Å²) in [6, 6.07) is 7.82. The van der Waals surface area contributed by atoms with E-state index in [1.807, 2.05) is 45.9 Å². The second-order valence-corrected chi connectivity index (χ2v) is 16.3. The largest absolute Gasteiger partial charge is 0.387 e. The number of benzene rings is 1. The highest BCUT2D eigenvalue weighted by Crippen LogP contribution is 2.40. The van der Waals surface area contributed by atoms with Crippen LogP contribution in [-0.2, 0) is 35.2 Å². The number of halogens is 1. The number of ketones is 1. The van der Waals surface area contributed by atoms with E-state index in [-0.39, 0.29) is 37.8 Å². The Morgan fingerprint density at radius 3 is 2.51 bits per heavy atom. The van der Waals surface area contributed by atoms with Crippen molar-refractivity contribution in [2.45, 2.75) is 122 Å². The number of carbonyl (C=O) groups is 5. The molecule has 0 radical (unpaired) electrons. The van der Waals surface area contributed by atoms with Crippen LogP contribution in [0.4, 0.5) is 0 Å². The summed E-state index contributed by atoms with van der Waals surface area (Å²) >= 11 is 6.27. The molecule has 1 saturated carbocycles. The van der Waals surface area contributed by atoms with Gasteiger partial charge in [0.2, 0.25) is 23.5 Å². The van der Waals surface area contributed by atoms with Gasteiger partial charge in [-0.05, 0) is 60.8 Å². The van der Waals surface area contributed by atoms with Gasteiger partial charge in [0, 0.05) is 48.8 Å². The Hall–Kier alpha value is -4.32. The third-order valence-corrected chi connectivity index (χ3v) is 10.7. The molecule has 0 unspecified atom stereocenters. The van der Waals surface area contributed by atoms with Gasteiger partial charge in [-0.25, -0.2) is 0 Å². The monoisotopic (exact) mass is 748 g/mol. The zero-order valence-corrected chi connectivity index (χ0v) is 32.0. The lowest BCUT2D eigenvalue weighted by Gasteiger charge is -2.36. The molecule has 0 bridgehead atoms. The molecule has 5 rings (SSSR count). The molecule has 3 N–H and O–H groups in total. The van der Waals surface area contributed by atoms with Gasteiger partial charge in [0.1, 0.15) is 12.1 Å². The molecule has 1 aromatic heterocycles. The first-order valence-corrected chi connectivity index (χ1v) is 19.3. The number of pyridine rings is 1. The third kappa shape index (κ3) is 10.4. The number of likely N-dealkylation sites (tertiary alicyclic amines) is 1. The standard InChI is InChI=1S/C40H53ClN6O6/c1-5-11-30(34(49)37(51)43-19-17-27-14-10-18-42-24-27)44-36(50)32-23-40(22-31(46-53-40)28-15-9-16-29(41)21-28)25-47(32)38(52)35(39(2,3)4)45-33(48)20-26-12-7-6-8-13-26/h9-10,14-16,18,21,24,26,30,32,35H,5-8,11-13,17,19-20,22-23,25H2,1-4H3,(H,43,51)(H,44,50)(H,45,48)/t30-,32-,35+,40+/m0/s1. The van der Waals surface area contributed by atoms with Gasteiger partial charge in [-0.2, -0.15) is 0 Å². The predicted octanol–water partition coefficient (Wildman–Crippen LogP) is 4.91. The molecule has 2 aliphatic heterocycles. The zero-order chi connectivity index (χ0) is 38.2. The van der Waals surface area contributed by atoms with Crippen LogP contribution in [0.2, 0.25) is 5.02 Å². The van der Waals surface area contributed by atoms with Crippen molar-refractivity contribution >= 4 is 46.7 Å². The molecule has 1 saturated heterocycles. The summed E-state index contributed by atoms with van der Waals surface area (Å²) < 4.78 is 0. The summed E-state index contributed by atoms with van der Waals surface area (Å²) in [5.41, 5.74) is 0.595. The molecule has 286 valence electrons. The second kappa shape index (κ2) is 17.7. The van der Waals surface area contributed by atoms with E-state index in [2.05, 4.69) is 26.1 Å². The first-order valence-electron chi connectivity index (χ1n) is 18.9. The molecule has 12 nitrogen and oxygen atoms in total. The van der Waals surface area contributed by atoms with E-state index in [0.717, 1.165) is 36.8 Å². The minimum atomic E-state index is -1.10. The van der Waals surface area contributed by atoms with Gasteiger partial charge in [0.25, 0.3) is 5.91 Å². The van der Waals surface area contributed by atoms with Crippen LogP contribution in [0.3, 0.4) is 0 Å². The molecule has 4 atom stereocenters. The molecule has 1 aliphatic carbocycles. The second-order valence-electron chi connectivity index (χ2n) is 15.8. The summed E-state index contributed by atoms with van der Waals surface area (Å²) in [6.07, 6.45) is 10.7. The van der Waals surface area contributed by atoms with Crippen LogP contribution in [0.15, 0.2) is 53.9 Å². The summed E-state index contributed by atoms with van der Waals surface area (Å²) in [6.45, 7) is 7.76. The molecular formula is C40H53ClN6O6. The highest BCUT2D eigenvalue weighted by atomic mass is 35.5. The average Bonchev–Trinajstić information content (AvgIpc) is 3.73. The lowest BCUT2D eigenvalue weighted by atomic mass is 9.84. The predicted molar refractivity (Wildman–Crippen MR) is 202 cm³/mol. The molecule has 13 heteroatoms. The molecule has 53 heavy (non-hydrogen) atoms. The Bertz CT molecular complexity index is 1670. The van der Waals surface area contributed by atoms with Crippen molar-refractivity contribution in [3.8, 4) is 0 Å². The summed E-state index contributed by atoms with van der Waals surface area (Å²) in [5.74, 6) is -2.46. The number of rotatable bonds is 14. The van der Waals surface area contributed by atoms with Crippen molar-refractivity contribution in [2.75, 3.05) is 13.1 Å². The maximum atomic E-state index is 14.6. The zero-order valence-electron chi connectivity index (χ0n) is 31.3. The Morgan fingerprint density at radius 2 is 1.83 bits per heavy atom. The summed E-state index contributed by atoms with van der Waals surface area (Å²) in [5, 5.41) is 13.4. The van der Waals surface area contributed by atoms with Crippen molar-refractivity contribution in [1.82, 2.24) is 25.8 Å². The van der Waals surface area contributed by atoms with Gasteiger partial charge in [-0.3, -0.25) is 29.0 Å². The average molecular weight is 749 g/mol. The van der Waals surface area contributed by atoms with Gasteiger partial charge >= 0.3 is 0 Å². The highest BCUT2D eigenvalue weighted by Gasteiger charge is 2.55. The number of nitrogens with one attached hydrogen (secondary N) is 3. The lowest BCUT2D eigenvalue weighted by molar-refractivity contribution is -0.145. The fourth-order valence-corrected chi connectivity index (χ4v) is 7.77. The van der Waals surface area contributed by atoms with E-state index in [1.165, 1.54) is 11.3 Å². The molecule has 3 aliphatic rings. The number of hydrogen-bond acceptors (Lipinski definition) is 8. The van der Waals surface area contributed by atoms with Crippen LogP contribution in [0.5, 0.6) is 0 Å². The van der Waals surface area contributed by atoms with Crippen molar-refractivity contribution < 1.29 is 28.8 Å². The molecule has 2 aromatic rings. The van der Waals surface area contributed by atoms with E-state index < -0.39 is 52.6 Å². The molecule has 2 fully saturated rings. The van der Waals surface area contributed by atoms with E-state index in [1.54, 1.807) is 30.6 Å². The quantitative estimate of drug-likeness (QED) is 0.232. The number of aromatic nitrogens is 1. The van der Waals surface area contributed by atoms with Crippen molar-refractivity contribution in [3.63, 3.8) is 0 Å². The van der Waals surface area contributed by atoms with Gasteiger partial charge in [-0.1, -0.05) is 88.3 Å². The van der Waals surface area contributed by atoms with Gasteiger partial charge in [0.05, 0.1) is 18.3 Å². The Morgan fingerprint density at radius 1 is 1.06 bits per heavy atom. The van der Waals surface area contributed by atoms with E-state index in [9.17, 15) is 24.0 Å². The summed E-state index contributed by atoms with van der Waals surface area (Å²) in [7, 11) is 0. The van der Waals surface area contributed by atoms with Crippen molar-refractivity contribution in [3.05, 3.63) is 64.9 Å². The SMILES string of the molecule is CCC[C@H](NC(=O)[C@@H]1C[C@]2(CC(c3cccc(Cl)c3)=NO2)CN1C(=O)[C@@H](NC(=O)CC1CCCCC1)C(C)(C)C)C(=O)C(=O)NCCc1cccnc1. The van der Waals surface area contributed by atoms with Gasteiger partial charge in [-0.15, -0.1) is 0 Å². The van der Waals surface area contributed by atoms with Crippen LogP contribution in [0.25, 0.3) is 0 Å². The normalized spacial score (nSPS) is 21.3. The Balaban J connectivity index is 1.34. The molecule has 1 spiro atoms. The van der Waals surface area contributed by atoms with Crippen LogP contribution < -0.4 is 16.0 Å². The van der Waals surface area contributed by atoms with E-state index in [4.69, 9.17) is 16.4 Å². The van der Waals surface area contributed by atoms with Gasteiger partial charge < -0.3 is 25.7 Å². The number of amides is 4. The third-order valence-electron chi connectivity index (χ3n) is 10.5. The smallest absolute Gasteiger partial charge is 0.289 e. The number of oxime groups is 1. The fraction of sp³-hybridized carbons (Fsp3) is 0.575. The van der Waals surface area contributed by atoms with Crippen LogP contribution in [0, 0.1) is 11.3 Å². The Kier molecular flexibility index (Phi) is 13.3. The molecular weight excluding hydrogens is 696 g/mol. The fourth-order valence-electron chi connectivity index (χ4n) is 7.58. The van der Waals surface area contributed by atoms with Crippen molar-refractivity contribution in [1.29, 1.82) is 0 Å². The maximum Gasteiger partial charge on any atom is 0.289 e. The number of Topliss-reactive ketones (excluding diaryl/α,β-unsaturated/α-hetero) is 1. The summed E-state index contributed by atoms with van der Waals surface area (Å²) in [4.78, 5) is 80.3. The Labute approximate surface area is 317 Å². The number of nitrogens with zero attached hydrogens (tertiary/aromatic N) is 3. The first kappa shape index (κ1) is 39.9. The van der Waals surface area contributed by atoms with Crippen LogP contribution in [0.1, 0.15) is 103 Å². The molecule has 4 amide bonds. The highest BCUT2D eigenvalue weighted by molar-refractivity contribution is 6.38.